The zero-order valence-electron chi connectivity index (χ0n) is 21.5. The summed E-state index contributed by atoms with van der Waals surface area (Å²) in [5.74, 6) is -0.194. The Morgan fingerprint density at radius 1 is 1.00 bits per heavy atom. The molecule has 1 fully saturated rings. The number of piperazine rings is 1. The van der Waals surface area contributed by atoms with Crippen LogP contribution in [0.2, 0.25) is 0 Å². The number of aryl methyl sites for hydroxylation is 2. The topological polar surface area (TPSA) is 85.8 Å². The molecule has 1 amide bonds. The van der Waals surface area contributed by atoms with Crippen LogP contribution < -0.4 is 10.2 Å². The fraction of sp³-hybridized carbons (Fsp3) is 0.462. The lowest BCUT2D eigenvalue weighted by Gasteiger charge is -2.34. The summed E-state index contributed by atoms with van der Waals surface area (Å²) in [6, 6.07) is 10.5. The third kappa shape index (κ3) is 5.56. The molecule has 194 valence electrons. The quantitative estimate of drug-likeness (QED) is 0.457. The van der Waals surface area contributed by atoms with Crippen molar-refractivity contribution in [2.24, 2.45) is 0 Å². The van der Waals surface area contributed by atoms with Crippen LogP contribution in [-0.2, 0) is 10.0 Å². The fourth-order valence-corrected chi connectivity index (χ4v) is 7.09. The maximum Gasteiger partial charge on any atom is 0.251 e. The van der Waals surface area contributed by atoms with Crippen molar-refractivity contribution >= 4 is 42.6 Å². The van der Waals surface area contributed by atoms with Gasteiger partial charge in [0.1, 0.15) is 0 Å². The number of hydrogen-bond donors (Lipinski definition) is 1. The minimum Gasteiger partial charge on any atom is -0.351 e. The van der Waals surface area contributed by atoms with Crippen LogP contribution in [0.3, 0.4) is 0 Å². The third-order valence-corrected chi connectivity index (χ3v) is 10.1. The molecular weight excluding hydrogens is 494 g/mol. The molecule has 0 aliphatic carbocycles. The lowest BCUT2D eigenvalue weighted by molar-refractivity contribution is 0.0947. The van der Waals surface area contributed by atoms with Gasteiger partial charge in [-0.05, 0) is 49.2 Å². The molecule has 0 bridgehead atoms. The maximum atomic E-state index is 12.6. The summed E-state index contributed by atoms with van der Waals surface area (Å²) in [7, 11) is -3.52. The summed E-state index contributed by atoms with van der Waals surface area (Å²) in [6.07, 6.45) is 0. The van der Waals surface area contributed by atoms with Crippen LogP contribution in [0.1, 0.15) is 35.3 Å². The van der Waals surface area contributed by atoms with Gasteiger partial charge < -0.3 is 10.2 Å². The first-order valence-electron chi connectivity index (χ1n) is 12.5. The van der Waals surface area contributed by atoms with Gasteiger partial charge in [-0.2, -0.15) is 4.31 Å². The molecule has 2 aromatic carbocycles. The van der Waals surface area contributed by atoms with Crippen molar-refractivity contribution in [3.8, 4) is 0 Å². The van der Waals surface area contributed by atoms with E-state index in [1.807, 2.05) is 13.8 Å². The lowest BCUT2D eigenvalue weighted by Crippen LogP contribution is -2.48. The second-order valence-corrected chi connectivity index (χ2v) is 12.0. The number of nitrogens with zero attached hydrogens (tertiary/aromatic N) is 4. The number of anilines is 1. The second-order valence-electron chi connectivity index (χ2n) is 9.07. The highest BCUT2D eigenvalue weighted by atomic mass is 32.2. The molecule has 10 heteroatoms. The summed E-state index contributed by atoms with van der Waals surface area (Å²) in [5.41, 5.74) is 4.06. The van der Waals surface area contributed by atoms with Crippen LogP contribution in [0.4, 0.5) is 5.13 Å². The molecule has 1 saturated heterocycles. The van der Waals surface area contributed by atoms with Gasteiger partial charge in [-0.3, -0.25) is 9.69 Å². The average molecular weight is 530 g/mol. The first kappa shape index (κ1) is 26.5. The monoisotopic (exact) mass is 529 g/mol. The summed E-state index contributed by atoms with van der Waals surface area (Å²) in [5, 5.41) is 4.04. The number of carbonyl (C=O) groups is 1. The Labute approximate surface area is 218 Å². The number of sulfonamides is 1. The zero-order chi connectivity index (χ0) is 25.9. The van der Waals surface area contributed by atoms with Crippen molar-refractivity contribution in [1.82, 2.24) is 19.5 Å². The fourth-order valence-electron chi connectivity index (χ4n) is 4.47. The molecule has 0 radical (unpaired) electrons. The molecule has 2 heterocycles. The van der Waals surface area contributed by atoms with E-state index in [9.17, 15) is 13.2 Å². The Kier molecular flexibility index (Phi) is 8.29. The Morgan fingerprint density at radius 3 is 2.25 bits per heavy atom. The molecule has 0 spiro atoms. The Balaban J connectivity index is 1.26. The van der Waals surface area contributed by atoms with Gasteiger partial charge >= 0.3 is 0 Å². The van der Waals surface area contributed by atoms with Crippen LogP contribution in [0, 0.1) is 13.8 Å². The van der Waals surface area contributed by atoms with Gasteiger partial charge in [-0.1, -0.05) is 37.3 Å². The van der Waals surface area contributed by atoms with Crippen LogP contribution in [-0.4, -0.2) is 80.9 Å². The number of amides is 1. The van der Waals surface area contributed by atoms with Gasteiger partial charge in [-0.25, -0.2) is 13.4 Å². The van der Waals surface area contributed by atoms with Crippen LogP contribution in [0.15, 0.2) is 41.3 Å². The maximum absolute atomic E-state index is 12.6. The first-order chi connectivity index (χ1) is 17.2. The molecule has 1 aliphatic heterocycles. The van der Waals surface area contributed by atoms with Gasteiger partial charge in [0.15, 0.2) is 5.13 Å². The van der Waals surface area contributed by atoms with Crippen LogP contribution >= 0.6 is 11.3 Å². The minimum absolute atomic E-state index is 0.194. The zero-order valence-corrected chi connectivity index (χ0v) is 23.1. The standard InChI is InChI=1S/C26H35N5O3S2/c1-5-31(6-2)36(33,34)22-11-9-21(10-12-22)25(32)27-13-14-29-15-17-30(18-16-29)26-28-23-19(3)7-8-20(4)24(23)35-26/h7-12H,5-6,13-18H2,1-4H3,(H,27,32). The number of rotatable bonds is 9. The molecule has 0 unspecified atom stereocenters. The van der Waals surface area contributed by atoms with E-state index in [1.54, 1.807) is 23.5 Å². The minimum atomic E-state index is -3.52. The Morgan fingerprint density at radius 2 is 1.64 bits per heavy atom. The molecule has 36 heavy (non-hydrogen) atoms. The third-order valence-electron chi connectivity index (χ3n) is 6.75. The molecule has 1 aliphatic rings. The highest BCUT2D eigenvalue weighted by molar-refractivity contribution is 7.89. The van der Waals surface area contributed by atoms with Crippen molar-refractivity contribution in [3.05, 3.63) is 53.1 Å². The number of hydrogen-bond acceptors (Lipinski definition) is 7. The van der Waals surface area contributed by atoms with E-state index in [-0.39, 0.29) is 10.8 Å². The molecule has 3 aromatic rings. The van der Waals surface area contributed by atoms with E-state index in [0.29, 0.717) is 25.2 Å². The number of fused-ring (bicyclic) bond motifs is 1. The number of thiazole rings is 1. The predicted molar refractivity (Wildman–Crippen MR) is 147 cm³/mol. The number of benzene rings is 2. The van der Waals surface area contributed by atoms with Crippen molar-refractivity contribution in [2.45, 2.75) is 32.6 Å². The van der Waals surface area contributed by atoms with E-state index in [0.717, 1.165) is 43.4 Å². The summed E-state index contributed by atoms with van der Waals surface area (Å²) in [4.78, 5) is 22.4. The molecule has 4 rings (SSSR count). The predicted octanol–water partition coefficient (Wildman–Crippen LogP) is 3.50. The second kappa shape index (κ2) is 11.2. The van der Waals surface area contributed by atoms with Crippen molar-refractivity contribution in [1.29, 1.82) is 0 Å². The van der Waals surface area contributed by atoms with Crippen LogP contribution in [0.5, 0.6) is 0 Å². The average Bonchev–Trinajstić information content (AvgIpc) is 3.34. The molecule has 1 N–H and O–H groups in total. The van der Waals surface area contributed by atoms with Crippen LogP contribution in [0.25, 0.3) is 10.2 Å². The Bertz CT molecular complexity index is 1270. The molecular formula is C26H35N5O3S2. The van der Waals surface area contributed by atoms with Gasteiger partial charge in [0.05, 0.1) is 15.1 Å². The SMILES string of the molecule is CCN(CC)S(=O)(=O)c1ccc(C(=O)NCCN2CCN(c3nc4c(C)ccc(C)c4s3)CC2)cc1. The van der Waals surface area contributed by atoms with Gasteiger partial charge in [-0.15, -0.1) is 0 Å². The molecule has 8 nitrogen and oxygen atoms in total. The van der Waals surface area contributed by atoms with E-state index >= 15 is 0 Å². The van der Waals surface area contributed by atoms with Crippen molar-refractivity contribution in [3.63, 3.8) is 0 Å². The smallest absolute Gasteiger partial charge is 0.251 e. The molecule has 0 saturated carbocycles. The van der Waals surface area contributed by atoms with E-state index in [2.05, 4.69) is 41.1 Å². The van der Waals surface area contributed by atoms with Crippen molar-refractivity contribution in [2.75, 3.05) is 57.3 Å². The van der Waals surface area contributed by atoms with Gasteiger partial charge in [0.2, 0.25) is 10.0 Å². The lowest BCUT2D eigenvalue weighted by atomic mass is 10.1. The van der Waals surface area contributed by atoms with Gasteiger partial charge in [0, 0.05) is 57.9 Å². The Hall–Kier alpha value is -2.53. The number of nitrogens with one attached hydrogen (secondary N) is 1. The van der Waals surface area contributed by atoms with E-state index in [4.69, 9.17) is 4.98 Å². The van der Waals surface area contributed by atoms with E-state index < -0.39 is 10.0 Å². The molecule has 1 aromatic heterocycles. The van der Waals surface area contributed by atoms with E-state index in [1.165, 1.54) is 32.3 Å². The highest BCUT2D eigenvalue weighted by Crippen LogP contribution is 2.33. The highest BCUT2D eigenvalue weighted by Gasteiger charge is 2.23. The summed E-state index contributed by atoms with van der Waals surface area (Å²) >= 11 is 1.77. The number of carbonyl (C=O) groups excluding carboxylic acids is 1. The summed E-state index contributed by atoms with van der Waals surface area (Å²) in [6.45, 7) is 13.7. The van der Waals surface area contributed by atoms with Crippen molar-refractivity contribution < 1.29 is 13.2 Å². The molecule has 0 atom stereocenters. The largest absolute Gasteiger partial charge is 0.351 e. The number of aromatic nitrogens is 1. The first-order valence-corrected chi connectivity index (χ1v) is 14.7. The van der Waals surface area contributed by atoms with Gasteiger partial charge in [0.25, 0.3) is 5.91 Å². The normalized spacial score (nSPS) is 15.1. The summed E-state index contributed by atoms with van der Waals surface area (Å²) < 4.78 is 27.9.